The lowest BCUT2D eigenvalue weighted by atomic mass is 10.1. The van der Waals surface area contributed by atoms with E-state index in [9.17, 15) is 4.79 Å². The molecule has 0 aliphatic rings. The van der Waals surface area contributed by atoms with Crippen molar-refractivity contribution in [2.75, 3.05) is 13.7 Å². The van der Waals surface area contributed by atoms with Crippen LogP contribution in [0.15, 0.2) is 24.3 Å². The van der Waals surface area contributed by atoms with Gasteiger partial charge in [0.25, 0.3) is 0 Å². The second-order valence-corrected chi connectivity index (χ2v) is 4.35. The first kappa shape index (κ1) is 15.0. The van der Waals surface area contributed by atoms with E-state index < -0.39 is 6.04 Å². The molecule has 5 nitrogen and oxygen atoms in total. The van der Waals surface area contributed by atoms with Gasteiger partial charge in [-0.15, -0.1) is 0 Å². The van der Waals surface area contributed by atoms with Crippen molar-refractivity contribution >= 4 is 5.91 Å². The van der Waals surface area contributed by atoms with E-state index in [1.165, 1.54) is 6.92 Å². The number of hydrogen-bond acceptors (Lipinski definition) is 4. The molecule has 19 heavy (non-hydrogen) atoms. The zero-order valence-electron chi connectivity index (χ0n) is 11.4. The molecule has 0 fully saturated rings. The summed E-state index contributed by atoms with van der Waals surface area (Å²) < 4.78 is 5.07. The monoisotopic (exact) mass is 261 g/mol. The van der Waals surface area contributed by atoms with Crippen molar-refractivity contribution in [2.24, 2.45) is 0 Å². The van der Waals surface area contributed by atoms with E-state index in [1.807, 2.05) is 31.2 Å². The maximum absolute atomic E-state index is 10.9. The first-order chi connectivity index (χ1) is 9.06. The minimum absolute atomic E-state index is 0.0217. The molecule has 1 aromatic carbocycles. The quantitative estimate of drug-likeness (QED) is 0.811. The highest BCUT2D eigenvalue weighted by molar-refractivity contribution is 5.73. The molecular formula is C14H19N3O2. The van der Waals surface area contributed by atoms with Crippen molar-refractivity contribution in [3.63, 3.8) is 0 Å². The van der Waals surface area contributed by atoms with Crippen LogP contribution in [0.4, 0.5) is 0 Å². The molecule has 0 spiro atoms. The van der Waals surface area contributed by atoms with Crippen molar-refractivity contribution in [3.05, 3.63) is 29.8 Å². The third-order valence-corrected chi connectivity index (χ3v) is 2.66. The van der Waals surface area contributed by atoms with Crippen molar-refractivity contribution in [1.82, 2.24) is 10.6 Å². The number of carbonyl (C=O) groups excluding carboxylic acids is 1. The summed E-state index contributed by atoms with van der Waals surface area (Å²) in [4.78, 5) is 10.9. The van der Waals surface area contributed by atoms with Gasteiger partial charge >= 0.3 is 0 Å². The molecule has 0 aliphatic heterocycles. The van der Waals surface area contributed by atoms with Gasteiger partial charge in [-0.05, 0) is 24.6 Å². The van der Waals surface area contributed by atoms with E-state index in [0.29, 0.717) is 6.54 Å². The van der Waals surface area contributed by atoms with Crippen molar-refractivity contribution < 1.29 is 9.53 Å². The number of carbonyl (C=O) groups is 1. The second-order valence-electron chi connectivity index (χ2n) is 4.35. The van der Waals surface area contributed by atoms with Gasteiger partial charge in [0, 0.05) is 19.5 Å². The fourth-order valence-electron chi connectivity index (χ4n) is 1.73. The summed E-state index contributed by atoms with van der Waals surface area (Å²) in [6.45, 7) is 3.89. The fourth-order valence-corrected chi connectivity index (χ4v) is 1.73. The summed E-state index contributed by atoms with van der Waals surface area (Å²) in [7, 11) is 1.60. The lowest BCUT2D eigenvalue weighted by Gasteiger charge is -2.17. The molecule has 1 amide bonds. The van der Waals surface area contributed by atoms with Gasteiger partial charge in [-0.1, -0.05) is 12.1 Å². The summed E-state index contributed by atoms with van der Waals surface area (Å²) in [5.74, 6) is 0.680. The van der Waals surface area contributed by atoms with Crippen LogP contribution in [0.2, 0.25) is 0 Å². The summed E-state index contributed by atoms with van der Waals surface area (Å²) in [6, 6.07) is 9.11. The molecular weight excluding hydrogens is 242 g/mol. The van der Waals surface area contributed by atoms with Crippen molar-refractivity contribution in [2.45, 2.75) is 25.9 Å². The van der Waals surface area contributed by atoms with Crippen LogP contribution in [0.25, 0.3) is 0 Å². The molecule has 0 aromatic heterocycles. The molecule has 2 atom stereocenters. The molecule has 0 heterocycles. The highest BCUT2D eigenvalue weighted by Gasteiger charge is 2.12. The lowest BCUT2D eigenvalue weighted by Crippen LogP contribution is -2.39. The lowest BCUT2D eigenvalue weighted by molar-refractivity contribution is -0.119. The first-order valence-corrected chi connectivity index (χ1v) is 6.11. The summed E-state index contributed by atoms with van der Waals surface area (Å²) >= 11 is 0. The minimum Gasteiger partial charge on any atom is -0.497 e. The molecule has 0 saturated heterocycles. The van der Waals surface area contributed by atoms with E-state index in [2.05, 4.69) is 16.7 Å². The van der Waals surface area contributed by atoms with E-state index in [-0.39, 0.29) is 11.9 Å². The fraction of sp³-hybridized carbons (Fsp3) is 0.429. The average Bonchev–Trinajstić information content (AvgIpc) is 2.39. The van der Waals surface area contributed by atoms with Gasteiger partial charge in [-0.2, -0.15) is 5.26 Å². The Kier molecular flexibility index (Phi) is 5.83. The average molecular weight is 261 g/mol. The largest absolute Gasteiger partial charge is 0.497 e. The third kappa shape index (κ3) is 4.98. The Morgan fingerprint density at radius 1 is 1.42 bits per heavy atom. The number of methoxy groups -OCH3 is 1. The minimum atomic E-state index is -0.401. The van der Waals surface area contributed by atoms with Gasteiger partial charge < -0.3 is 10.1 Å². The Bertz CT molecular complexity index is 451. The van der Waals surface area contributed by atoms with Gasteiger partial charge in [-0.25, -0.2) is 0 Å². The SMILES string of the molecule is COc1ccc(C(C#N)NCC(C)NC(C)=O)cc1. The molecule has 0 bridgehead atoms. The molecule has 0 aliphatic carbocycles. The van der Waals surface area contributed by atoms with Gasteiger partial charge in [-0.3, -0.25) is 10.1 Å². The summed E-state index contributed by atoms with van der Waals surface area (Å²) in [5.41, 5.74) is 0.873. The Labute approximate surface area is 113 Å². The maximum Gasteiger partial charge on any atom is 0.217 e. The van der Waals surface area contributed by atoms with Gasteiger partial charge in [0.1, 0.15) is 11.8 Å². The smallest absolute Gasteiger partial charge is 0.217 e. The zero-order chi connectivity index (χ0) is 14.3. The first-order valence-electron chi connectivity index (χ1n) is 6.11. The number of nitriles is 1. The van der Waals surface area contributed by atoms with Crippen LogP contribution >= 0.6 is 0 Å². The van der Waals surface area contributed by atoms with Gasteiger partial charge in [0.15, 0.2) is 0 Å². The van der Waals surface area contributed by atoms with Crippen LogP contribution in [0.5, 0.6) is 5.75 Å². The number of ether oxygens (including phenoxy) is 1. The Hall–Kier alpha value is -2.06. The zero-order valence-corrected chi connectivity index (χ0v) is 11.4. The number of hydrogen-bond donors (Lipinski definition) is 2. The Balaban J connectivity index is 2.58. The van der Waals surface area contributed by atoms with Crippen LogP contribution in [-0.2, 0) is 4.79 Å². The van der Waals surface area contributed by atoms with E-state index >= 15 is 0 Å². The van der Waals surface area contributed by atoms with E-state index in [1.54, 1.807) is 7.11 Å². The van der Waals surface area contributed by atoms with Crippen LogP contribution in [-0.4, -0.2) is 25.6 Å². The van der Waals surface area contributed by atoms with Crippen molar-refractivity contribution in [3.8, 4) is 11.8 Å². The van der Waals surface area contributed by atoms with Crippen LogP contribution in [0.3, 0.4) is 0 Å². The highest BCUT2D eigenvalue weighted by atomic mass is 16.5. The standard InChI is InChI=1S/C14H19N3O2/c1-10(17-11(2)18)9-16-14(8-15)12-4-6-13(19-3)7-5-12/h4-7,10,14,16H,9H2,1-3H3,(H,17,18). The molecule has 1 rings (SSSR count). The normalized spacial score (nSPS) is 13.2. The van der Waals surface area contributed by atoms with E-state index in [0.717, 1.165) is 11.3 Å². The second kappa shape index (κ2) is 7.39. The van der Waals surface area contributed by atoms with Crippen molar-refractivity contribution in [1.29, 1.82) is 5.26 Å². The predicted molar refractivity (Wildman–Crippen MR) is 72.6 cm³/mol. The molecule has 0 saturated carbocycles. The highest BCUT2D eigenvalue weighted by Crippen LogP contribution is 2.17. The number of nitrogens with one attached hydrogen (secondary N) is 2. The third-order valence-electron chi connectivity index (χ3n) is 2.66. The number of amides is 1. The predicted octanol–water partition coefficient (Wildman–Crippen LogP) is 1.37. The molecule has 0 radical (unpaired) electrons. The van der Waals surface area contributed by atoms with Crippen LogP contribution < -0.4 is 15.4 Å². The summed E-state index contributed by atoms with van der Waals surface area (Å²) in [5, 5.41) is 15.0. The molecule has 2 unspecified atom stereocenters. The number of rotatable bonds is 6. The summed E-state index contributed by atoms with van der Waals surface area (Å²) in [6.07, 6.45) is 0. The molecule has 5 heteroatoms. The molecule has 2 N–H and O–H groups in total. The maximum atomic E-state index is 10.9. The number of nitrogens with zero attached hydrogens (tertiary/aromatic N) is 1. The van der Waals surface area contributed by atoms with Crippen LogP contribution in [0, 0.1) is 11.3 Å². The molecule has 1 aromatic rings. The Morgan fingerprint density at radius 3 is 2.53 bits per heavy atom. The van der Waals surface area contributed by atoms with Gasteiger partial charge in [0.2, 0.25) is 5.91 Å². The van der Waals surface area contributed by atoms with Crippen LogP contribution in [0.1, 0.15) is 25.5 Å². The molecule has 102 valence electrons. The van der Waals surface area contributed by atoms with Gasteiger partial charge in [0.05, 0.1) is 13.2 Å². The number of benzene rings is 1. The Morgan fingerprint density at radius 2 is 2.05 bits per heavy atom. The van der Waals surface area contributed by atoms with E-state index in [4.69, 9.17) is 10.00 Å². The topological polar surface area (TPSA) is 74.2 Å².